The molecule has 2 rings (SSSR count). The van der Waals surface area contributed by atoms with Gasteiger partial charge in [-0.15, -0.1) is 0 Å². The van der Waals surface area contributed by atoms with E-state index in [4.69, 9.17) is 11.6 Å². The number of piperidine rings is 1. The van der Waals surface area contributed by atoms with Gasteiger partial charge in [0.05, 0.1) is 11.7 Å². The standard InChI is InChI=1S/C12H18ClN3O/c1-9-11(12(13)15(2)14-9)7-16-6-4-3-5-10(16)8-17/h8,10H,3-7H2,1-2H3. The van der Waals surface area contributed by atoms with Gasteiger partial charge in [0.15, 0.2) is 0 Å². The van der Waals surface area contributed by atoms with Crippen molar-refractivity contribution < 1.29 is 4.79 Å². The lowest BCUT2D eigenvalue weighted by atomic mass is 10.0. The second-order valence-electron chi connectivity index (χ2n) is 4.65. The predicted octanol–water partition coefficient (Wildman–Crippen LogP) is 1.94. The van der Waals surface area contributed by atoms with Gasteiger partial charge in [0.25, 0.3) is 0 Å². The van der Waals surface area contributed by atoms with Crippen molar-refractivity contribution in [2.75, 3.05) is 6.54 Å². The minimum absolute atomic E-state index is 0.0411. The molecule has 0 N–H and O–H groups in total. The Kier molecular flexibility index (Phi) is 3.84. The number of hydrogen-bond acceptors (Lipinski definition) is 3. The van der Waals surface area contributed by atoms with E-state index < -0.39 is 0 Å². The molecule has 0 spiro atoms. The minimum atomic E-state index is 0.0411. The monoisotopic (exact) mass is 255 g/mol. The quantitative estimate of drug-likeness (QED) is 0.775. The molecule has 1 aromatic rings. The van der Waals surface area contributed by atoms with Gasteiger partial charge in [0, 0.05) is 19.2 Å². The highest BCUT2D eigenvalue weighted by atomic mass is 35.5. The van der Waals surface area contributed by atoms with Crippen LogP contribution in [0.25, 0.3) is 0 Å². The van der Waals surface area contributed by atoms with Crippen molar-refractivity contribution in [3.05, 3.63) is 16.4 Å². The average Bonchev–Trinajstić information content (AvgIpc) is 2.57. The first kappa shape index (κ1) is 12.6. The summed E-state index contributed by atoms with van der Waals surface area (Å²) in [6.07, 6.45) is 4.31. The second kappa shape index (κ2) is 5.19. The number of aldehydes is 1. The van der Waals surface area contributed by atoms with E-state index in [0.717, 1.165) is 49.9 Å². The molecule has 1 aliphatic heterocycles. The lowest BCUT2D eigenvalue weighted by Gasteiger charge is -2.32. The van der Waals surface area contributed by atoms with Gasteiger partial charge in [0.1, 0.15) is 11.4 Å². The van der Waals surface area contributed by atoms with E-state index in [2.05, 4.69) is 10.00 Å². The van der Waals surface area contributed by atoms with Crippen LogP contribution >= 0.6 is 11.6 Å². The van der Waals surface area contributed by atoms with Gasteiger partial charge < -0.3 is 4.79 Å². The zero-order valence-electron chi connectivity index (χ0n) is 10.3. The summed E-state index contributed by atoms with van der Waals surface area (Å²) in [5.74, 6) is 0. The Bertz CT molecular complexity index is 416. The van der Waals surface area contributed by atoms with Crippen LogP contribution in [-0.4, -0.2) is 33.6 Å². The minimum Gasteiger partial charge on any atom is -0.302 e. The highest BCUT2D eigenvalue weighted by molar-refractivity contribution is 6.30. The molecule has 0 amide bonds. The molecule has 0 aromatic carbocycles. The molecular formula is C12H18ClN3O. The molecule has 1 fully saturated rings. The maximum absolute atomic E-state index is 11.0. The summed E-state index contributed by atoms with van der Waals surface area (Å²) in [4.78, 5) is 13.2. The van der Waals surface area contributed by atoms with Crippen molar-refractivity contribution in [1.82, 2.24) is 14.7 Å². The number of aromatic nitrogens is 2. The predicted molar refractivity (Wildman–Crippen MR) is 67.1 cm³/mol. The SMILES string of the molecule is Cc1nn(C)c(Cl)c1CN1CCCCC1C=O. The van der Waals surface area contributed by atoms with Crippen molar-refractivity contribution in [3.63, 3.8) is 0 Å². The lowest BCUT2D eigenvalue weighted by molar-refractivity contribution is -0.113. The maximum atomic E-state index is 11.0. The molecule has 1 atom stereocenters. The van der Waals surface area contributed by atoms with Crippen LogP contribution in [0.5, 0.6) is 0 Å². The number of likely N-dealkylation sites (tertiary alicyclic amines) is 1. The third-order valence-corrected chi connectivity index (χ3v) is 3.93. The molecular weight excluding hydrogens is 238 g/mol. The van der Waals surface area contributed by atoms with E-state index >= 15 is 0 Å². The van der Waals surface area contributed by atoms with Crippen LogP contribution in [0.15, 0.2) is 0 Å². The molecule has 17 heavy (non-hydrogen) atoms. The number of rotatable bonds is 3. The van der Waals surface area contributed by atoms with Crippen LogP contribution in [0.3, 0.4) is 0 Å². The fourth-order valence-electron chi connectivity index (χ4n) is 2.42. The summed E-state index contributed by atoms with van der Waals surface area (Å²) in [6, 6.07) is 0.0411. The van der Waals surface area contributed by atoms with Gasteiger partial charge in [-0.25, -0.2) is 0 Å². The molecule has 2 heterocycles. The molecule has 0 aliphatic carbocycles. The first-order valence-corrected chi connectivity index (χ1v) is 6.38. The Balaban J connectivity index is 2.16. The van der Waals surface area contributed by atoms with Crippen molar-refractivity contribution in [1.29, 1.82) is 0 Å². The number of halogens is 1. The van der Waals surface area contributed by atoms with E-state index in [-0.39, 0.29) is 6.04 Å². The smallest absolute Gasteiger partial charge is 0.137 e. The average molecular weight is 256 g/mol. The lowest BCUT2D eigenvalue weighted by Crippen LogP contribution is -2.40. The van der Waals surface area contributed by atoms with Crippen LogP contribution < -0.4 is 0 Å². The van der Waals surface area contributed by atoms with E-state index in [1.165, 1.54) is 0 Å². The highest BCUT2D eigenvalue weighted by Crippen LogP contribution is 2.24. The van der Waals surface area contributed by atoms with Crippen molar-refractivity contribution in [3.8, 4) is 0 Å². The summed E-state index contributed by atoms with van der Waals surface area (Å²) in [5, 5.41) is 4.98. The van der Waals surface area contributed by atoms with E-state index in [1.54, 1.807) is 4.68 Å². The fraction of sp³-hybridized carbons (Fsp3) is 0.667. The van der Waals surface area contributed by atoms with E-state index in [9.17, 15) is 4.79 Å². The normalized spacial score (nSPS) is 21.7. The molecule has 0 bridgehead atoms. The van der Waals surface area contributed by atoms with Gasteiger partial charge in [-0.1, -0.05) is 18.0 Å². The molecule has 94 valence electrons. The van der Waals surface area contributed by atoms with Crippen LogP contribution in [0.4, 0.5) is 0 Å². The Hall–Kier alpha value is -0.870. The molecule has 5 heteroatoms. The van der Waals surface area contributed by atoms with Gasteiger partial charge in [-0.3, -0.25) is 9.58 Å². The van der Waals surface area contributed by atoms with E-state index in [1.807, 2.05) is 14.0 Å². The van der Waals surface area contributed by atoms with Gasteiger partial charge in [-0.2, -0.15) is 5.10 Å². The number of hydrogen-bond donors (Lipinski definition) is 0. The number of nitrogens with zero attached hydrogens (tertiary/aromatic N) is 3. The van der Waals surface area contributed by atoms with Gasteiger partial charge >= 0.3 is 0 Å². The molecule has 1 aliphatic rings. The van der Waals surface area contributed by atoms with Gasteiger partial charge in [-0.05, 0) is 26.3 Å². The first-order valence-electron chi connectivity index (χ1n) is 6.00. The summed E-state index contributed by atoms with van der Waals surface area (Å²) in [6.45, 7) is 3.65. The van der Waals surface area contributed by atoms with Crippen LogP contribution in [-0.2, 0) is 18.4 Å². The van der Waals surface area contributed by atoms with Crippen LogP contribution in [0.2, 0.25) is 5.15 Å². The second-order valence-corrected chi connectivity index (χ2v) is 5.01. The Morgan fingerprint density at radius 1 is 1.53 bits per heavy atom. The largest absolute Gasteiger partial charge is 0.302 e. The topological polar surface area (TPSA) is 38.1 Å². The molecule has 0 radical (unpaired) electrons. The number of carbonyl (C=O) groups excluding carboxylic acids is 1. The van der Waals surface area contributed by atoms with Gasteiger partial charge in [0.2, 0.25) is 0 Å². The Morgan fingerprint density at radius 2 is 2.29 bits per heavy atom. The Labute approximate surface area is 107 Å². The fourth-order valence-corrected chi connectivity index (χ4v) is 2.66. The summed E-state index contributed by atoms with van der Waals surface area (Å²) in [7, 11) is 1.84. The zero-order chi connectivity index (χ0) is 12.4. The summed E-state index contributed by atoms with van der Waals surface area (Å²) < 4.78 is 1.69. The third-order valence-electron chi connectivity index (χ3n) is 3.45. The zero-order valence-corrected chi connectivity index (χ0v) is 11.1. The van der Waals surface area contributed by atoms with Crippen molar-refractivity contribution in [2.24, 2.45) is 7.05 Å². The van der Waals surface area contributed by atoms with Crippen molar-refractivity contribution >= 4 is 17.9 Å². The van der Waals surface area contributed by atoms with Crippen LogP contribution in [0, 0.1) is 6.92 Å². The number of aryl methyl sites for hydroxylation is 2. The Morgan fingerprint density at radius 3 is 2.88 bits per heavy atom. The molecule has 1 saturated heterocycles. The van der Waals surface area contributed by atoms with E-state index in [0.29, 0.717) is 5.15 Å². The maximum Gasteiger partial charge on any atom is 0.137 e. The summed E-state index contributed by atoms with van der Waals surface area (Å²) in [5.41, 5.74) is 2.00. The highest BCUT2D eigenvalue weighted by Gasteiger charge is 2.24. The number of carbonyl (C=O) groups is 1. The molecule has 1 aromatic heterocycles. The molecule has 4 nitrogen and oxygen atoms in total. The van der Waals surface area contributed by atoms with Crippen LogP contribution in [0.1, 0.15) is 30.5 Å². The first-order chi connectivity index (χ1) is 8.13. The molecule has 0 saturated carbocycles. The molecule has 1 unspecified atom stereocenters. The third kappa shape index (κ3) is 2.53. The van der Waals surface area contributed by atoms with Crippen molar-refractivity contribution in [2.45, 2.75) is 38.8 Å². The summed E-state index contributed by atoms with van der Waals surface area (Å²) >= 11 is 6.21.